The van der Waals surface area contributed by atoms with E-state index in [1.54, 1.807) is 0 Å². The lowest BCUT2D eigenvalue weighted by atomic mass is 9.56. The smallest absolute Gasteiger partial charge is 0.0889 e. The van der Waals surface area contributed by atoms with Crippen LogP contribution >= 0.6 is 0 Å². The van der Waals surface area contributed by atoms with Crippen LogP contribution in [0.4, 0.5) is 0 Å². The Labute approximate surface area is 84.9 Å². The highest BCUT2D eigenvalue weighted by atomic mass is 16.3. The molecule has 0 amide bonds. The van der Waals surface area contributed by atoms with Crippen LogP contribution < -0.4 is 0 Å². The van der Waals surface area contributed by atoms with Crippen molar-refractivity contribution >= 4 is 0 Å². The van der Waals surface area contributed by atoms with E-state index < -0.39 is 5.60 Å². The first-order valence-corrected chi connectivity index (χ1v) is 5.82. The number of rotatable bonds is 1. The van der Waals surface area contributed by atoms with Gasteiger partial charge in [-0.2, -0.15) is 5.26 Å². The SMILES string of the molecule is N#CC1(C2(O)CCCC23CCC3)CC1. The highest BCUT2D eigenvalue weighted by Gasteiger charge is 2.70. The monoisotopic (exact) mass is 191 g/mol. The van der Waals surface area contributed by atoms with Gasteiger partial charge in [0, 0.05) is 5.41 Å². The number of nitriles is 1. The fourth-order valence-corrected chi connectivity index (χ4v) is 3.91. The molecule has 0 saturated heterocycles. The van der Waals surface area contributed by atoms with Gasteiger partial charge in [0.2, 0.25) is 0 Å². The Morgan fingerprint density at radius 1 is 0.929 bits per heavy atom. The molecule has 2 nitrogen and oxygen atoms in total. The zero-order valence-electron chi connectivity index (χ0n) is 8.55. The molecule has 1 unspecified atom stereocenters. The zero-order chi connectivity index (χ0) is 9.86. The molecule has 3 saturated carbocycles. The van der Waals surface area contributed by atoms with E-state index in [0.29, 0.717) is 0 Å². The first-order valence-electron chi connectivity index (χ1n) is 5.82. The van der Waals surface area contributed by atoms with Gasteiger partial charge in [-0.25, -0.2) is 0 Å². The molecule has 1 spiro atoms. The fourth-order valence-electron chi connectivity index (χ4n) is 3.91. The molecule has 3 fully saturated rings. The Morgan fingerprint density at radius 3 is 1.93 bits per heavy atom. The molecule has 1 N–H and O–H groups in total. The van der Waals surface area contributed by atoms with E-state index in [0.717, 1.165) is 44.9 Å². The third-order valence-corrected chi connectivity index (χ3v) is 5.14. The van der Waals surface area contributed by atoms with Gasteiger partial charge in [-0.1, -0.05) is 6.42 Å². The van der Waals surface area contributed by atoms with Crippen molar-refractivity contribution in [1.29, 1.82) is 5.26 Å². The molecule has 0 heterocycles. The van der Waals surface area contributed by atoms with Crippen LogP contribution in [-0.4, -0.2) is 10.7 Å². The number of hydrogen-bond donors (Lipinski definition) is 1. The van der Waals surface area contributed by atoms with Gasteiger partial charge >= 0.3 is 0 Å². The molecule has 76 valence electrons. The quantitative estimate of drug-likeness (QED) is 0.691. The molecule has 0 aromatic rings. The van der Waals surface area contributed by atoms with Gasteiger partial charge in [0.15, 0.2) is 0 Å². The number of hydrogen-bond acceptors (Lipinski definition) is 2. The summed E-state index contributed by atoms with van der Waals surface area (Å²) in [6.07, 6.45) is 8.60. The second kappa shape index (κ2) is 2.33. The summed E-state index contributed by atoms with van der Waals surface area (Å²) in [6.45, 7) is 0. The molecule has 0 bridgehead atoms. The first kappa shape index (κ1) is 8.73. The van der Waals surface area contributed by atoms with E-state index in [2.05, 4.69) is 6.07 Å². The van der Waals surface area contributed by atoms with Crippen LogP contribution in [0, 0.1) is 22.2 Å². The zero-order valence-corrected chi connectivity index (χ0v) is 8.55. The molecule has 1 atom stereocenters. The summed E-state index contributed by atoms with van der Waals surface area (Å²) in [4.78, 5) is 0. The Kier molecular flexibility index (Phi) is 1.46. The lowest BCUT2D eigenvalue weighted by molar-refractivity contribution is -0.137. The second-order valence-electron chi connectivity index (χ2n) is 5.54. The molecule has 0 aromatic carbocycles. The Balaban J connectivity index is 1.99. The maximum absolute atomic E-state index is 10.8. The maximum Gasteiger partial charge on any atom is 0.0889 e. The molecule has 14 heavy (non-hydrogen) atoms. The molecule has 2 heteroatoms. The molecule has 0 aromatic heterocycles. The Morgan fingerprint density at radius 2 is 1.50 bits per heavy atom. The van der Waals surface area contributed by atoms with Crippen molar-refractivity contribution in [3.8, 4) is 6.07 Å². The maximum atomic E-state index is 10.8. The minimum Gasteiger partial charge on any atom is -0.388 e. The number of nitrogens with zero attached hydrogens (tertiary/aromatic N) is 1. The average molecular weight is 191 g/mol. The van der Waals surface area contributed by atoms with E-state index in [4.69, 9.17) is 0 Å². The summed E-state index contributed by atoms with van der Waals surface area (Å²) in [5, 5.41) is 20.1. The van der Waals surface area contributed by atoms with Gasteiger partial charge in [-0.05, 0) is 44.9 Å². The summed E-state index contributed by atoms with van der Waals surface area (Å²) in [5.41, 5.74) is -0.809. The van der Waals surface area contributed by atoms with Crippen LogP contribution in [0.1, 0.15) is 51.4 Å². The Bertz CT molecular complexity index is 309. The summed E-state index contributed by atoms with van der Waals surface area (Å²) in [7, 11) is 0. The molecule has 0 aliphatic heterocycles. The third kappa shape index (κ3) is 0.728. The molecule has 3 aliphatic rings. The van der Waals surface area contributed by atoms with Gasteiger partial charge in [0.25, 0.3) is 0 Å². The molecule has 3 aliphatic carbocycles. The normalized spacial score (nSPS) is 41.7. The van der Waals surface area contributed by atoms with Crippen molar-refractivity contribution < 1.29 is 5.11 Å². The predicted octanol–water partition coefficient (Wildman–Crippen LogP) is 2.38. The van der Waals surface area contributed by atoms with Crippen LogP contribution in [0.3, 0.4) is 0 Å². The highest BCUT2D eigenvalue weighted by Crippen LogP contribution is 2.70. The van der Waals surface area contributed by atoms with Crippen molar-refractivity contribution in [3.63, 3.8) is 0 Å². The lowest BCUT2D eigenvalue weighted by Crippen LogP contribution is -2.54. The van der Waals surface area contributed by atoms with Crippen LogP contribution in [0.25, 0.3) is 0 Å². The molecule has 3 rings (SSSR count). The third-order valence-electron chi connectivity index (χ3n) is 5.14. The van der Waals surface area contributed by atoms with E-state index >= 15 is 0 Å². The molecular weight excluding hydrogens is 174 g/mol. The van der Waals surface area contributed by atoms with E-state index in [-0.39, 0.29) is 10.8 Å². The van der Waals surface area contributed by atoms with Crippen LogP contribution in [0.5, 0.6) is 0 Å². The van der Waals surface area contributed by atoms with E-state index in [1.807, 2.05) is 0 Å². The van der Waals surface area contributed by atoms with Crippen molar-refractivity contribution in [1.82, 2.24) is 0 Å². The van der Waals surface area contributed by atoms with Crippen LogP contribution in [0.15, 0.2) is 0 Å². The highest BCUT2D eigenvalue weighted by molar-refractivity contribution is 5.27. The minimum absolute atomic E-state index is 0.152. The Hall–Kier alpha value is -0.550. The number of aliphatic hydroxyl groups is 1. The van der Waals surface area contributed by atoms with E-state index in [9.17, 15) is 10.4 Å². The molecule has 0 radical (unpaired) electrons. The van der Waals surface area contributed by atoms with Gasteiger partial charge in [0.05, 0.1) is 17.1 Å². The summed E-state index contributed by atoms with van der Waals surface area (Å²) in [5.74, 6) is 0. The topological polar surface area (TPSA) is 44.0 Å². The average Bonchev–Trinajstić information content (AvgIpc) is 2.84. The van der Waals surface area contributed by atoms with Gasteiger partial charge in [0.1, 0.15) is 0 Å². The first-order chi connectivity index (χ1) is 6.68. The van der Waals surface area contributed by atoms with Crippen LogP contribution in [-0.2, 0) is 0 Å². The standard InChI is InChI=1S/C12H17NO/c13-9-11(7-8-11)12(14)6-2-5-10(12)3-1-4-10/h14H,1-8H2. The van der Waals surface area contributed by atoms with Crippen molar-refractivity contribution in [2.45, 2.75) is 57.0 Å². The minimum atomic E-state index is -0.618. The summed E-state index contributed by atoms with van der Waals surface area (Å²) in [6, 6.07) is 2.41. The van der Waals surface area contributed by atoms with Gasteiger partial charge in [-0.15, -0.1) is 0 Å². The second-order valence-corrected chi connectivity index (χ2v) is 5.54. The largest absolute Gasteiger partial charge is 0.388 e. The van der Waals surface area contributed by atoms with Gasteiger partial charge < -0.3 is 5.11 Å². The fraction of sp³-hybridized carbons (Fsp3) is 0.917. The van der Waals surface area contributed by atoms with Crippen molar-refractivity contribution in [3.05, 3.63) is 0 Å². The summed E-state index contributed by atoms with van der Waals surface area (Å²) >= 11 is 0. The van der Waals surface area contributed by atoms with Gasteiger partial charge in [-0.3, -0.25) is 0 Å². The molecular formula is C12H17NO. The van der Waals surface area contributed by atoms with Crippen molar-refractivity contribution in [2.75, 3.05) is 0 Å². The summed E-state index contributed by atoms with van der Waals surface area (Å²) < 4.78 is 0. The van der Waals surface area contributed by atoms with Crippen molar-refractivity contribution in [2.24, 2.45) is 10.8 Å². The van der Waals surface area contributed by atoms with Crippen LogP contribution in [0.2, 0.25) is 0 Å². The predicted molar refractivity (Wildman–Crippen MR) is 52.4 cm³/mol. The van der Waals surface area contributed by atoms with E-state index in [1.165, 1.54) is 6.42 Å². The lowest BCUT2D eigenvalue weighted by Gasteiger charge is -2.51.